The summed E-state index contributed by atoms with van der Waals surface area (Å²) >= 11 is 0. The molecule has 33 heavy (non-hydrogen) atoms. The van der Waals surface area contributed by atoms with Gasteiger partial charge >= 0.3 is 0 Å². The van der Waals surface area contributed by atoms with E-state index in [2.05, 4.69) is 109 Å². The van der Waals surface area contributed by atoms with Crippen LogP contribution in [0.2, 0.25) is 0 Å². The fourth-order valence-corrected chi connectivity index (χ4v) is 6.19. The lowest BCUT2D eigenvalue weighted by Crippen LogP contribution is -1.90. The minimum absolute atomic E-state index is 1.02. The molecule has 0 saturated carbocycles. The minimum Gasteiger partial charge on any atom is -0.0619 e. The molecule has 0 bridgehead atoms. The molecule has 0 saturated heterocycles. The van der Waals surface area contributed by atoms with Crippen molar-refractivity contribution >= 4 is 43.1 Å². The Kier molecular flexibility index (Phi) is 3.27. The lowest BCUT2D eigenvalue weighted by Gasteiger charge is -2.17. The Balaban J connectivity index is 1.46. The SMILES string of the molecule is c1ccc2c(c1)Cc1cc(-c3ccc4c5ccccc5c5cccc6ccc3c4c65)ccc1-2. The number of hydrogen-bond donors (Lipinski definition) is 0. The van der Waals surface area contributed by atoms with Gasteiger partial charge in [-0.05, 0) is 82.9 Å². The van der Waals surface area contributed by atoms with Crippen LogP contribution in [-0.4, -0.2) is 0 Å². The van der Waals surface area contributed by atoms with Crippen LogP contribution in [0.25, 0.3) is 65.3 Å². The first-order valence-electron chi connectivity index (χ1n) is 11.7. The molecule has 0 atom stereocenters. The highest BCUT2D eigenvalue weighted by molar-refractivity contribution is 6.35. The molecule has 0 amide bonds. The summed E-state index contributed by atoms with van der Waals surface area (Å²) in [6.07, 6.45) is 1.02. The Morgan fingerprint density at radius 2 is 1.09 bits per heavy atom. The van der Waals surface area contributed by atoms with E-state index in [1.807, 2.05) is 0 Å². The average Bonchev–Trinajstić information content (AvgIpc) is 3.25. The molecule has 0 radical (unpaired) electrons. The van der Waals surface area contributed by atoms with E-state index in [0.717, 1.165) is 6.42 Å². The summed E-state index contributed by atoms with van der Waals surface area (Å²) in [5, 5.41) is 10.8. The summed E-state index contributed by atoms with van der Waals surface area (Å²) in [7, 11) is 0. The van der Waals surface area contributed by atoms with Crippen molar-refractivity contribution in [2.75, 3.05) is 0 Å². The molecular weight excluding hydrogens is 396 g/mol. The third-order valence-corrected chi connectivity index (χ3v) is 7.63. The number of fused-ring (bicyclic) bond motifs is 6. The second kappa shape index (κ2) is 6.21. The summed E-state index contributed by atoms with van der Waals surface area (Å²) in [6, 6.07) is 40.7. The first-order valence-corrected chi connectivity index (χ1v) is 11.7. The molecule has 0 aromatic heterocycles. The fraction of sp³-hybridized carbons (Fsp3) is 0.0303. The van der Waals surface area contributed by atoms with Gasteiger partial charge in [0, 0.05) is 0 Å². The molecule has 7 aromatic rings. The van der Waals surface area contributed by atoms with Crippen LogP contribution in [0.4, 0.5) is 0 Å². The van der Waals surface area contributed by atoms with Gasteiger partial charge in [-0.2, -0.15) is 0 Å². The van der Waals surface area contributed by atoms with Gasteiger partial charge in [0.15, 0.2) is 0 Å². The molecule has 0 aliphatic heterocycles. The van der Waals surface area contributed by atoms with Crippen molar-refractivity contribution in [2.24, 2.45) is 0 Å². The van der Waals surface area contributed by atoms with E-state index in [1.54, 1.807) is 0 Å². The summed E-state index contributed by atoms with van der Waals surface area (Å²) in [5.74, 6) is 0. The van der Waals surface area contributed by atoms with Gasteiger partial charge in [0.1, 0.15) is 0 Å². The summed E-state index contributed by atoms with van der Waals surface area (Å²) in [4.78, 5) is 0. The molecule has 0 fully saturated rings. The fourth-order valence-electron chi connectivity index (χ4n) is 6.19. The van der Waals surface area contributed by atoms with Gasteiger partial charge in [0.25, 0.3) is 0 Å². The molecule has 0 heteroatoms. The van der Waals surface area contributed by atoms with Crippen LogP contribution in [0.1, 0.15) is 11.1 Å². The Bertz CT molecular complexity index is 1890. The average molecular weight is 417 g/mol. The zero-order chi connectivity index (χ0) is 21.5. The van der Waals surface area contributed by atoms with Gasteiger partial charge in [-0.15, -0.1) is 0 Å². The number of rotatable bonds is 1. The van der Waals surface area contributed by atoms with Gasteiger partial charge < -0.3 is 0 Å². The van der Waals surface area contributed by atoms with Crippen molar-refractivity contribution in [1.29, 1.82) is 0 Å². The standard InChI is InChI=1S/C33H20/c1-2-8-24-21(6-1)18-23-19-22(13-14-26(23)24)25-16-17-31-28-10-4-3-9-27(28)29-11-5-7-20-12-15-30(25)33(31)32(20)29/h1-17,19H,18H2. The normalized spacial score (nSPS) is 12.7. The summed E-state index contributed by atoms with van der Waals surface area (Å²) in [5.41, 5.74) is 8.28. The van der Waals surface area contributed by atoms with Crippen LogP contribution in [0.15, 0.2) is 109 Å². The Hall–Kier alpha value is -4.16. The third-order valence-electron chi connectivity index (χ3n) is 7.63. The van der Waals surface area contributed by atoms with Crippen LogP contribution in [-0.2, 0) is 6.42 Å². The van der Waals surface area contributed by atoms with Crippen LogP contribution in [0, 0.1) is 0 Å². The Morgan fingerprint density at radius 3 is 2.00 bits per heavy atom. The van der Waals surface area contributed by atoms with E-state index < -0.39 is 0 Å². The van der Waals surface area contributed by atoms with Gasteiger partial charge in [-0.1, -0.05) is 109 Å². The molecule has 0 spiro atoms. The summed E-state index contributed by atoms with van der Waals surface area (Å²) < 4.78 is 0. The second-order valence-corrected chi connectivity index (χ2v) is 9.30. The quantitative estimate of drug-likeness (QED) is 0.185. The maximum Gasteiger partial charge on any atom is -0.00132 e. The number of hydrogen-bond acceptors (Lipinski definition) is 0. The molecule has 8 rings (SSSR count). The highest BCUT2D eigenvalue weighted by Gasteiger charge is 2.20. The number of benzene rings is 7. The van der Waals surface area contributed by atoms with Crippen LogP contribution >= 0.6 is 0 Å². The van der Waals surface area contributed by atoms with Crippen LogP contribution in [0.3, 0.4) is 0 Å². The second-order valence-electron chi connectivity index (χ2n) is 9.30. The van der Waals surface area contributed by atoms with E-state index >= 15 is 0 Å². The lowest BCUT2D eigenvalue weighted by atomic mass is 9.86. The molecule has 1 aliphatic carbocycles. The maximum atomic E-state index is 2.42. The molecule has 0 nitrogen and oxygen atoms in total. The van der Waals surface area contributed by atoms with E-state index in [4.69, 9.17) is 0 Å². The zero-order valence-electron chi connectivity index (χ0n) is 18.1. The predicted octanol–water partition coefficient (Wildman–Crippen LogP) is 8.98. The van der Waals surface area contributed by atoms with E-state index in [0.29, 0.717) is 0 Å². The summed E-state index contributed by atoms with van der Waals surface area (Å²) in [6.45, 7) is 0. The predicted molar refractivity (Wildman–Crippen MR) is 141 cm³/mol. The van der Waals surface area contributed by atoms with Gasteiger partial charge in [0.2, 0.25) is 0 Å². The molecular formula is C33H20. The van der Waals surface area contributed by atoms with Gasteiger partial charge in [0.05, 0.1) is 0 Å². The van der Waals surface area contributed by atoms with Crippen LogP contribution in [0.5, 0.6) is 0 Å². The largest absolute Gasteiger partial charge is 0.0619 e. The maximum absolute atomic E-state index is 2.42. The van der Waals surface area contributed by atoms with Crippen LogP contribution < -0.4 is 0 Å². The van der Waals surface area contributed by atoms with Crippen molar-refractivity contribution in [3.8, 4) is 22.3 Å². The lowest BCUT2D eigenvalue weighted by molar-refractivity contribution is 1.26. The molecule has 0 heterocycles. The van der Waals surface area contributed by atoms with E-state index in [1.165, 1.54) is 76.5 Å². The molecule has 0 N–H and O–H groups in total. The third kappa shape index (κ3) is 2.25. The zero-order valence-corrected chi connectivity index (χ0v) is 18.1. The highest BCUT2D eigenvalue weighted by Crippen LogP contribution is 2.45. The first kappa shape index (κ1) is 17.4. The first-order chi connectivity index (χ1) is 16.4. The highest BCUT2D eigenvalue weighted by atomic mass is 14.2. The van der Waals surface area contributed by atoms with Crippen molar-refractivity contribution in [3.05, 3.63) is 120 Å². The van der Waals surface area contributed by atoms with Crippen molar-refractivity contribution in [3.63, 3.8) is 0 Å². The van der Waals surface area contributed by atoms with Crippen molar-refractivity contribution in [1.82, 2.24) is 0 Å². The van der Waals surface area contributed by atoms with Gasteiger partial charge in [-0.3, -0.25) is 0 Å². The van der Waals surface area contributed by atoms with Crippen molar-refractivity contribution < 1.29 is 0 Å². The topological polar surface area (TPSA) is 0 Å². The molecule has 1 aliphatic rings. The van der Waals surface area contributed by atoms with Gasteiger partial charge in [-0.25, -0.2) is 0 Å². The molecule has 152 valence electrons. The monoisotopic (exact) mass is 416 g/mol. The Morgan fingerprint density at radius 1 is 0.394 bits per heavy atom. The molecule has 7 aromatic carbocycles. The van der Waals surface area contributed by atoms with Crippen molar-refractivity contribution in [2.45, 2.75) is 6.42 Å². The smallest absolute Gasteiger partial charge is 0.00132 e. The minimum atomic E-state index is 1.02. The molecule has 0 unspecified atom stereocenters. The van der Waals surface area contributed by atoms with E-state index in [9.17, 15) is 0 Å². The van der Waals surface area contributed by atoms with E-state index in [-0.39, 0.29) is 0 Å². The Labute approximate surface area is 192 Å².